The molecule has 7 nitrogen and oxygen atoms in total. The van der Waals surface area contributed by atoms with Gasteiger partial charge in [0, 0.05) is 25.2 Å². The van der Waals surface area contributed by atoms with E-state index in [0.717, 1.165) is 28.3 Å². The van der Waals surface area contributed by atoms with Crippen molar-refractivity contribution in [2.45, 2.75) is 26.9 Å². The van der Waals surface area contributed by atoms with Crippen LogP contribution in [0.1, 0.15) is 26.1 Å². The second kappa shape index (κ2) is 7.42. The lowest BCUT2D eigenvalue weighted by atomic mass is 10.1. The van der Waals surface area contributed by atoms with Crippen molar-refractivity contribution in [2.75, 3.05) is 12.1 Å². The molecule has 4 rings (SSSR count). The van der Waals surface area contributed by atoms with Crippen LogP contribution in [-0.2, 0) is 18.4 Å². The van der Waals surface area contributed by atoms with Gasteiger partial charge in [-0.2, -0.15) is 0 Å². The number of carbonyl (C=O) groups is 1. The van der Waals surface area contributed by atoms with Crippen LogP contribution in [0.5, 0.6) is 17.2 Å². The molecule has 2 aromatic carbocycles. The lowest BCUT2D eigenvalue weighted by molar-refractivity contribution is -0.116. The Morgan fingerprint density at radius 1 is 1.21 bits per heavy atom. The molecule has 0 bridgehead atoms. The number of hydrogen-bond acceptors (Lipinski definition) is 5. The molecule has 0 unspecified atom stereocenters. The molecule has 2 heterocycles. The number of carbonyl (C=O) groups excluding carboxylic acids is 1. The van der Waals surface area contributed by atoms with Crippen LogP contribution in [0.3, 0.4) is 0 Å². The van der Waals surface area contributed by atoms with E-state index >= 15 is 0 Å². The smallest absolute Gasteiger partial charge is 0.231 e. The van der Waals surface area contributed by atoms with Crippen LogP contribution >= 0.6 is 0 Å². The van der Waals surface area contributed by atoms with Crippen LogP contribution in [-0.4, -0.2) is 22.3 Å². The van der Waals surface area contributed by atoms with Gasteiger partial charge in [0.05, 0.1) is 11.0 Å². The fourth-order valence-electron chi connectivity index (χ4n) is 3.15. The summed E-state index contributed by atoms with van der Waals surface area (Å²) in [4.78, 5) is 16.7. The monoisotopic (exact) mass is 381 g/mol. The molecule has 146 valence electrons. The first kappa shape index (κ1) is 18.2. The minimum atomic E-state index is 0.0108. The van der Waals surface area contributed by atoms with Crippen LogP contribution in [0.4, 0.5) is 5.69 Å². The Morgan fingerprint density at radius 2 is 2.04 bits per heavy atom. The maximum atomic E-state index is 12.0. The van der Waals surface area contributed by atoms with Gasteiger partial charge in [0.15, 0.2) is 11.5 Å². The third kappa shape index (κ3) is 3.74. The number of ether oxygens (including phenoxy) is 3. The van der Waals surface area contributed by atoms with E-state index in [0.29, 0.717) is 30.4 Å². The van der Waals surface area contributed by atoms with Gasteiger partial charge in [-0.15, -0.1) is 0 Å². The number of imidazole rings is 1. The topological polar surface area (TPSA) is 74.6 Å². The van der Waals surface area contributed by atoms with E-state index in [1.54, 1.807) is 0 Å². The summed E-state index contributed by atoms with van der Waals surface area (Å²) in [6.45, 7) is 4.60. The summed E-state index contributed by atoms with van der Waals surface area (Å²) in [5, 5.41) is 2.93. The molecular weight excluding hydrogens is 358 g/mol. The Hall–Kier alpha value is -3.22. The number of hydrogen-bond donors (Lipinski definition) is 1. The highest BCUT2D eigenvalue weighted by molar-refractivity contribution is 5.93. The predicted molar refractivity (Wildman–Crippen MR) is 106 cm³/mol. The molecule has 0 atom stereocenters. The first-order valence-electron chi connectivity index (χ1n) is 9.27. The van der Waals surface area contributed by atoms with Gasteiger partial charge in [-0.05, 0) is 36.2 Å². The quantitative estimate of drug-likeness (QED) is 0.702. The Labute approximate surface area is 163 Å². The van der Waals surface area contributed by atoms with Crippen LogP contribution < -0.4 is 19.5 Å². The minimum Gasteiger partial charge on any atom is -0.486 e. The number of anilines is 1. The number of amides is 1. The van der Waals surface area contributed by atoms with Gasteiger partial charge in [0.2, 0.25) is 12.7 Å². The lowest BCUT2D eigenvalue weighted by Gasteiger charge is -2.07. The van der Waals surface area contributed by atoms with Crippen molar-refractivity contribution in [3.8, 4) is 17.2 Å². The molecule has 0 radical (unpaired) electrons. The van der Waals surface area contributed by atoms with Gasteiger partial charge < -0.3 is 24.1 Å². The van der Waals surface area contributed by atoms with Crippen molar-refractivity contribution in [3.05, 3.63) is 42.2 Å². The van der Waals surface area contributed by atoms with Crippen molar-refractivity contribution in [3.63, 3.8) is 0 Å². The van der Waals surface area contributed by atoms with Gasteiger partial charge in [0.25, 0.3) is 0 Å². The fourth-order valence-corrected chi connectivity index (χ4v) is 3.15. The molecular formula is C21H23N3O4. The van der Waals surface area contributed by atoms with E-state index in [9.17, 15) is 4.79 Å². The van der Waals surface area contributed by atoms with Gasteiger partial charge in [-0.1, -0.05) is 13.8 Å². The zero-order chi connectivity index (χ0) is 19.7. The zero-order valence-corrected chi connectivity index (χ0v) is 16.2. The van der Waals surface area contributed by atoms with Gasteiger partial charge >= 0.3 is 0 Å². The summed E-state index contributed by atoms with van der Waals surface area (Å²) in [5.74, 6) is 3.22. The van der Waals surface area contributed by atoms with E-state index in [-0.39, 0.29) is 12.7 Å². The summed E-state index contributed by atoms with van der Waals surface area (Å²) >= 11 is 0. The largest absolute Gasteiger partial charge is 0.486 e. The highest BCUT2D eigenvalue weighted by atomic mass is 16.7. The molecule has 1 aromatic heterocycles. The molecule has 1 N–H and O–H groups in total. The average Bonchev–Trinajstić information content (AvgIpc) is 3.23. The van der Waals surface area contributed by atoms with E-state index in [4.69, 9.17) is 14.2 Å². The fraction of sp³-hybridized carbons (Fsp3) is 0.333. The normalized spacial score (nSPS) is 12.6. The van der Waals surface area contributed by atoms with E-state index in [1.165, 1.54) is 0 Å². The van der Waals surface area contributed by atoms with Gasteiger partial charge in [-0.25, -0.2) is 4.98 Å². The van der Waals surface area contributed by atoms with Gasteiger partial charge in [-0.3, -0.25) is 4.79 Å². The Bertz CT molecular complexity index is 1030. The van der Waals surface area contributed by atoms with Crippen LogP contribution in [0.25, 0.3) is 11.0 Å². The highest BCUT2D eigenvalue weighted by Gasteiger charge is 2.15. The van der Waals surface area contributed by atoms with Crippen molar-refractivity contribution in [1.29, 1.82) is 0 Å². The molecule has 1 aliphatic heterocycles. The van der Waals surface area contributed by atoms with E-state index < -0.39 is 0 Å². The molecule has 1 amide bonds. The predicted octanol–water partition coefficient (Wildman–Crippen LogP) is 3.87. The maximum Gasteiger partial charge on any atom is 0.231 e. The summed E-state index contributed by atoms with van der Waals surface area (Å²) < 4.78 is 18.6. The first-order chi connectivity index (χ1) is 13.5. The lowest BCUT2D eigenvalue weighted by Crippen LogP contribution is -2.13. The number of aryl methyl sites for hydroxylation is 1. The van der Waals surface area contributed by atoms with Crippen molar-refractivity contribution in [1.82, 2.24) is 9.55 Å². The molecule has 0 saturated heterocycles. The highest BCUT2D eigenvalue weighted by Crippen LogP contribution is 2.35. The summed E-state index contributed by atoms with van der Waals surface area (Å²) in [7, 11) is 1.95. The number of fused-ring (bicyclic) bond motifs is 2. The Balaban J connectivity index is 1.48. The molecule has 0 spiro atoms. The third-order valence-electron chi connectivity index (χ3n) is 4.56. The van der Waals surface area contributed by atoms with Crippen LogP contribution in [0.15, 0.2) is 36.4 Å². The Morgan fingerprint density at radius 3 is 2.86 bits per heavy atom. The number of benzene rings is 2. The average molecular weight is 381 g/mol. The van der Waals surface area contributed by atoms with E-state index in [2.05, 4.69) is 10.3 Å². The molecule has 3 aromatic rings. The van der Waals surface area contributed by atoms with Crippen LogP contribution in [0.2, 0.25) is 0 Å². The SMILES string of the molecule is CC(C)CC(=O)Nc1ccc2c(c1)nc(COc1ccc3c(c1)OCO3)n2C. The second-order valence-corrected chi connectivity index (χ2v) is 7.24. The second-order valence-electron chi connectivity index (χ2n) is 7.24. The first-order valence-corrected chi connectivity index (χ1v) is 9.27. The number of nitrogens with zero attached hydrogens (tertiary/aromatic N) is 2. The van der Waals surface area contributed by atoms with Crippen molar-refractivity contribution >= 4 is 22.6 Å². The van der Waals surface area contributed by atoms with Gasteiger partial charge in [0.1, 0.15) is 18.2 Å². The molecule has 0 saturated carbocycles. The van der Waals surface area contributed by atoms with Crippen LogP contribution in [0, 0.1) is 5.92 Å². The molecule has 7 heteroatoms. The molecule has 1 aliphatic rings. The van der Waals surface area contributed by atoms with Crippen molar-refractivity contribution in [2.24, 2.45) is 13.0 Å². The number of rotatable bonds is 6. The molecule has 28 heavy (non-hydrogen) atoms. The number of nitrogens with one attached hydrogen (secondary N) is 1. The molecule has 0 fully saturated rings. The Kier molecular flexibility index (Phi) is 4.81. The standard InChI is InChI=1S/C21H23N3O4/c1-13(2)8-21(25)22-14-4-6-17-16(9-14)23-20(24(17)3)11-26-15-5-7-18-19(10-15)28-12-27-18/h4-7,9-10,13H,8,11-12H2,1-3H3,(H,22,25). The van der Waals surface area contributed by atoms with Crippen molar-refractivity contribution < 1.29 is 19.0 Å². The summed E-state index contributed by atoms with van der Waals surface area (Å²) in [6.07, 6.45) is 0.495. The van der Waals surface area contributed by atoms with E-state index in [1.807, 2.05) is 61.9 Å². The summed E-state index contributed by atoms with van der Waals surface area (Å²) in [5.41, 5.74) is 2.54. The third-order valence-corrected chi connectivity index (χ3v) is 4.56. The number of aromatic nitrogens is 2. The summed E-state index contributed by atoms with van der Waals surface area (Å²) in [6, 6.07) is 11.2. The maximum absolute atomic E-state index is 12.0. The minimum absolute atomic E-state index is 0.0108. The zero-order valence-electron chi connectivity index (χ0n) is 16.2. The molecule has 0 aliphatic carbocycles.